The van der Waals surface area contributed by atoms with E-state index in [1.807, 2.05) is 0 Å². The molecule has 0 radical (unpaired) electrons. The van der Waals surface area contributed by atoms with Crippen LogP contribution in [0.3, 0.4) is 0 Å². The molecule has 2 N–H and O–H groups in total. The molecule has 0 aliphatic rings. The smallest absolute Gasteiger partial charge is 0.244 e. The van der Waals surface area contributed by atoms with Crippen molar-refractivity contribution in [3.05, 3.63) is 22.2 Å². The average Bonchev–Trinajstić information content (AvgIpc) is 2.71. The van der Waals surface area contributed by atoms with Gasteiger partial charge in [-0.05, 0) is 6.08 Å². The number of hydrogen-bond acceptors (Lipinski definition) is 4. The van der Waals surface area contributed by atoms with Crippen molar-refractivity contribution < 1.29 is 9.90 Å². The molecule has 1 amide bonds. The first-order chi connectivity index (χ1) is 7.93. The number of aliphatic hydroxyl groups is 1. The number of amides is 1. The van der Waals surface area contributed by atoms with E-state index in [4.69, 9.17) is 5.11 Å². The second-order valence-corrected chi connectivity index (χ2v) is 5.73. The minimum atomic E-state index is -0.204. The average molecular weight is 254 g/mol. The summed E-state index contributed by atoms with van der Waals surface area (Å²) in [4.78, 5) is 16.5. The molecule has 0 saturated carbocycles. The molecule has 0 aliphatic heterocycles. The molecule has 1 rings (SSSR count). The Balaban J connectivity index is 2.60. The van der Waals surface area contributed by atoms with Crippen LogP contribution >= 0.6 is 11.3 Å². The highest BCUT2D eigenvalue weighted by Crippen LogP contribution is 2.27. The Kier molecular flexibility index (Phi) is 4.84. The quantitative estimate of drug-likeness (QED) is 0.802. The van der Waals surface area contributed by atoms with Gasteiger partial charge in [-0.25, -0.2) is 4.98 Å². The van der Waals surface area contributed by atoms with E-state index in [0.29, 0.717) is 0 Å². The van der Waals surface area contributed by atoms with Gasteiger partial charge < -0.3 is 10.4 Å². The molecule has 0 spiro atoms. The van der Waals surface area contributed by atoms with Gasteiger partial charge in [0, 0.05) is 29.1 Å². The zero-order chi connectivity index (χ0) is 12.9. The second kappa shape index (κ2) is 5.93. The minimum absolute atomic E-state index is 0.0376. The van der Waals surface area contributed by atoms with Crippen molar-refractivity contribution in [1.29, 1.82) is 0 Å². The number of nitrogens with zero attached hydrogens (tertiary/aromatic N) is 1. The number of carbonyl (C=O) groups excluding carboxylic acids is 1. The highest BCUT2D eigenvalue weighted by molar-refractivity contribution is 7.12. The van der Waals surface area contributed by atoms with Crippen molar-refractivity contribution in [3.8, 4) is 0 Å². The highest BCUT2D eigenvalue weighted by Gasteiger charge is 2.17. The summed E-state index contributed by atoms with van der Waals surface area (Å²) < 4.78 is 0. The summed E-state index contributed by atoms with van der Waals surface area (Å²) in [5, 5.41) is 12.1. The van der Waals surface area contributed by atoms with E-state index in [2.05, 4.69) is 31.1 Å². The van der Waals surface area contributed by atoms with Gasteiger partial charge in [0.2, 0.25) is 5.91 Å². The molecule has 17 heavy (non-hydrogen) atoms. The lowest BCUT2D eigenvalue weighted by molar-refractivity contribution is -0.116. The molecule has 0 atom stereocenters. The minimum Gasteiger partial charge on any atom is -0.395 e. The fraction of sp³-hybridized carbons (Fsp3) is 0.500. The van der Waals surface area contributed by atoms with Gasteiger partial charge in [0.05, 0.1) is 11.6 Å². The summed E-state index contributed by atoms with van der Waals surface area (Å²) in [7, 11) is 0. The van der Waals surface area contributed by atoms with Gasteiger partial charge in [-0.3, -0.25) is 4.79 Å². The van der Waals surface area contributed by atoms with Gasteiger partial charge in [0.25, 0.3) is 0 Å². The van der Waals surface area contributed by atoms with Crippen LogP contribution in [0.4, 0.5) is 0 Å². The van der Waals surface area contributed by atoms with Gasteiger partial charge in [0.1, 0.15) is 0 Å². The van der Waals surface area contributed by atoms with Crippen molar-refractivity contribution in [2.45, 2.75) is 26.2 Å². The first-order valence-electron chi connectivity index (χ1n) is 5.46. The fourth-order valence-corrected chi connectivity index (χ4v) is 1.98. The molecular weight excluding hydrogens is 236 g/mol. The summed E-state index contributed by atoms with van der Waals surface area (Å²) in [6, 6.07) is 0. The van der Waals surface area contributed by atoms with Crippen LogP contribution in [0.5, 0.6) is 0 Å². The van der Waals surface area contributed by atoms with E-state index in [1.54, 1.807) is 23.6 Å². The topological polar surface area (TPSA) is 62.2 Å². The van der Waals surface area contributed by atoms with Crippen LogP contribution in [0.15, 0.2) is 12.3 Å². The molecule has 94 valence electrons. The molecule has 0 aliphatic carbocycles. The monoisotopic (exact) mass is 254 g/mol. The molecule has 0 bridgehead atoms. The molecular formula is C12H18N2O2S. The van der Waals surface area contributed by atoms with Gasteiger partial charge in [-0.15, -0.1) is 11.3 Å². The van der Waals surface area contributed by atoms with Gasteiger partial charge in [0.15, 0.2) is 0 Å². The molecule has 1 aromatic heterocycles. The third kappa shape index (κ3) is 4.66. The Bertz CT molecular complexity index is 405. The molecule has 0 saturated heterocycles. The summed E-state index contributed by atoms with van der Waals surface area (Å²) in [5.74, 6) is -0.204. The van der Waals surface area contributed by atoms with Crippen LogP contribution < -0.4 is 5.32 Å². The summed E-state index contributed by atoms with van der Waals surface area (Å²) >= 11 is 1.58. The lowest BCUT2D eigenvalue weighted by atomic mass is 9.98. The van der Waals surface area contributed by atoms with E-state index < -0.39 is 0 Å². The first kappa shape index (κ1) is 13.9. The number of thiazole rings is 1. The molecule has 0 fully saturated rings. The maximum Gasteiger partial charge on any atom is 0.244 e. The van der Waals surface area contributed by atoms with Gasteiger partial charge >= 0.3 is 0 Å². The molecule has 5 heteroatoms. The van der Waals surface area contributed by atoms with Crippen LogP contribution in [0.2, 0.25) is 0 Å². The lowest BCUT2D eigenvalue weighted by Gasteiger charge is -2.13. The predicted molar refractivity (Wildman–Crippen MR) is 69.9 cm³/mol. The van der Waals surface area contributed by atoms with E-state index in [1.165, 1.54) is 6.08 Å². The highest BCUT2D eigenvalue weighted by atomic mass is 32.1. The normalized spacial score (nSPS) is 12.0. The standard InChI is InChI=1S/C12H18N2O2S/c1-12(2,3)11-14-8-9(17-11)4-5-10(16)13-6-7-15/h4-5,8,15H,6-7H2,1-3H3,(H,13,16)/b5-4+. The van der Waals surface area contributed by atoms with E-state index in [0.717, 1.165) is 9.88 Å². The number of aromatic nitrogens is 1. The number of aliphatic hydroxyl groups excluding tert-OH is 1. The van der Waals surface area contributed by atoms with Crippen molar-refractivity contribution in [2.24, 2.45) is 0 Å². The molecule has 0 aromatic carbocycles. The maximum absolute atomic E-state index is 11.3. The van der Waals surface area contributed by atoms with Crippen molar-refractivity contribution in [2.75, 3.05) is 13.2 Å². The largest absolute Gasteiger partial charge is 0.395 e. The first-order valence-corrected chi connectivity index (χ1v) is 6.28. The van der Waals surface area contributed by atoms with Crippen molar-refractivity contribution in [3.63, 3.8) is 0 Å². The SMILES string of the molecule is CC(C)(C)c1ncc(/C=C/C(=O)NCCO)s1. The zero-order valence-electron chi connectivity index (χ0n) is 10.4. The Morgan fingerprint density at radius 2 is 2.29 bits per heavy atom. The van der Waals surface area contributed by atoms with Crippen molar-refractivity contribution >= 4 is 23.3 Å². The zero-order valence-corrected chi connectivity index (χ0v) is 11.2. The summed E-state index contributed by atoms with van der Waals surface area (Å²) in [6.45, 7) is 6.54. The fourth-order valence-electron chi connectivity index (χ4n) is 1.11. The number of carbonyl (C=O) groups is 1. The summed E-state index contributed by atoms with van der Waals surface area (Å²) in [5.41, 5.74) is 0.0376. The van der Waals surface area contributed by atoms with Crippen LogP contribution in [-0.4, -0.2) is 29.1 Å². The van der Waals surface area contributed by atoms with E-state index in [9.17, 15) is 4.79 Å². The number of hydrogen-bond donors (Lipinski definition) is 2. The Labute approximate surface area is 105 Å². The number of nitrogens with one attached hydrogen (secondary N) is 1. The van der Waals surface area contributed by atoms with Crippen LogP contribution in [0, 0.1) is 0 Å². The van der Waals surface area contributed by atoms with Crippen LogP contribution in [-0.2, 0) is 10.2 Å². The van der Waals surface area contributed by atoms with Crippen LogP contribution in [0.25, 0.3) is 6.08 Å². The predicted octanol–water partition coefficient (Wildman–Crippen LogP) is 1.56. The molecule has 0 unspecified atom stereocenters. The second-order valence-electron chi connectivity index (χ2n) is 4.67. The maximum atomic E-state index is 11.3. The molecule has 1 aromatic rings. The number of rotatable bonds is 4. The van der Waals surface area contributed by atoms with E-state index in [-0.39, 0.29) is 24.5 Å². The third-order valence-corrected chi connectivity index (χ3v) is 3.36. The van der Waals surface area contributed by atoms with Gasteiger partial charge in [-0.2, -0.15) is 0 Å². The Hall–Kier alpha value is -1.20. The third-order valence-electron chi connectivity index (χ3n) is 1.98. The molecule has 1 heterocycles. The summed E-state index contributed by atoms with van der Waals surface area (Å²) in [6.07, 6.45) is 4.95. The molecule has 4 nitrogen and oxygen atoms in total. The van der Waals surface area contributed by atoms with Gasteiger partial charge in [-0.1, -0.05) is 20.8 Å². The van der Waals surface area contributed by atoms with Crippen LogP contribution in [0.1, 0.15) is 30.7 Å². The Morgan fingerprint density at radius 3 is 2.82 bits per heavy atom. The lowest BCUT2D eigenvalue weighted by Crippen LogP contribution is -2.24. The van der Waals surface area contributed by atoms with Crippen molar-refractivity contribution in [1.82, 2.24) is 10.3 Å². The Morgan fingerprint density at radius 1 is 1.59 bits per heavy atom. The van der Waals surface area contributed by atoms with E-state index >= 15 is 0 Å².